The van der Waals surface area contributed by atoms with Crippen LogP contribution in [-0.4, -0.2) is 79.4 Å². The number of aliphatic hydroxyl groups is 2. The van der Waals surface area contributed by atoms with E-state index in [1.165, 1.54) is 0 Å². The monoisotopic (exact) mass is 514 g/mol. The summed E-state index contributed by atoms with van der Waals surface area (Å²) < 4.78 is 15.3. The minimum atomic E-state index is -1.15. The van der Waals surface area contributed by atoms with E-state index in [4.69, 9.17) is 24.4 Å². The fraction of sp³-hybridized carbons (Fsp3) is 0.875. The zero-order valence-electron chi connectivity index (χ0n) is 23.3. The quantitative estimate of drug-likeness (QED) is 0.197. The van der Waals surface area contributed by atoms with Crippen LogP contribution in [0.25, 0.3) is 0 Å². The molecule has 0 spiro atoms. The largest absolute Gasteiger partial charge is 1.00 e. The van der Waals surface area contributed by atoms with Gasteiger partial charge in [0, 0.05) is 13.2 Å². The van der Waals surface area contributed by atoms with Gasteiger partial charge in [0.15, 0.2) is 0 Å². The van der Waals surface area contributed by atoms with E-state index in [0.29, 0.717) is 19.6 Å². The van der Waals surface area contributed by atoms with Crippen LogP contribution in [0.4, 0.5) is 0 Å². The van der Waals surface area contributed by atoms with Crippen molar-refractivity contribution >= 4 is 17.8 Å². The fourth-order valence-corrected chi connectivity index (χ4v) is 3.21. The van der Waals surface area contributed by atoms with Crippen molar-refractivity contribution in [1.82, 2.24) is 5.32 Å². The summed E-state index contributed by atoms with van der Waals surface area (Å²) in [5, 5.41) is 30.7. The first-order valence-corrected chi connectivity index (χ1v) is 12.2. The third kappa shape index (κ3) is 16.0. The Morgan fingerprint density at radius 1 is 1.00 bits per heavy atom. The zero-order chi connectivity index (χ0) is 26.7. The molecule has 0 aromatic heterocycles. The number of hydrogen-bond donors (Lipinski definition) is 3. The minimum Gasteiger partial charge on any atom is -0.846 e. The molecule has 5 unspecified atom stereocenters. The molecule has 1 rings (SSSR count). The Labute approximate surface area is 233 Å². The molecule has 202 valence electrons. The van der Waals surface area contributed by atoms with Gasteiger partial charge in [-0.2, -0.15) is 0 Å². The van der Waals surface area contributed by atoms with Crippen molar-refractivity contribution in [3.05, 3.63) is 0 Å². The summed E-state index contributed by atoms with van der Waals surface area (Å²) in [7, 11) is 0. The predicted octanol–water partition coefficient (Wildman–Crippen LogP) is -1.59. The van der Waals surface area contributed by atoms with Crippen LogP contribution >= 0.6 is 0 Å². The third-order valence-corrected chi connectivity index (χ3v) is 5.23. The number of carbonyl (C=O) groups excluding carboxylic acids is 2. The first-order valence-electron chi connectivity index (χ1n) is 12.2. The van der Waals surface area contributed by atoms with Crippen LogP contribution < -0.4 is 40.0 Å². The number of aliphatic hydroxyl groups excluding tert-OH is 2. The maximum Gasteiger partial charge on any atom is 1.00 e. The Balaban J connectivity index is -0.000000487. The number of amidine groups is 1. The Kier molecular flexibility index (Phi) is 25.1. The maximum atomic E-state index is 11.9. The van der Waals surface area contributed by atoms with E-state index in [0.717, 1.165) is 26.1 Å². The molecule has 2 amide bonds. The van der Waals surface area contributed by atoms with Gasteiger partial charge >= 0.3 is 29.6 Å². The molecule has 1 aliphatic rings. The third-order valence-electron chi connectivity index (χ3n) is 5.23. The Hall–Kier alpha value is -0.590. The van der Waals surface area contributed by atoms with Crippen LogP contribution in [-0.2, 0) is 23.8 Å². The fourth-order valence-electron chi connectivity index (χ4n) is 3.21. The average molecular weight is 515 g/mol. The molecule has 10 nitrogen and oxygen atoms in total. The Morgan fingerprint density at radius 3 is 1.91 bits per heavy atom. The number of carbonyl (C=O) groups is 2. The van der Waals surface area contributed by atoms with Gasteiger partial charge in [-0.05, 0) is 53.4 Å². The molecule has 0 bridgehead atoms. The van der Waals surface area contributed by atoms with Gasteiger partial charge in [-0.25, -0.2) is 4.99 Å². The molecule has 0 aromatic rings. The second-order valence-corrected chi connectivity index (χ2v) is 8.29. The van der Waals surface area contributed by atoms with Crippen molar-refractivity contribution in [2.75, 3.05) is 33.0 Å². The van der Waals surface area contributed by atoms with Gasteiger partial charge < -0.3 is 34.8 Å². The van der Waals surface area contributed by atoms with Gasteiger partial charge in [0.2, 0.25) is 5.91 Å². The normalized spacial score (nSPS) is 20.5. The molecule has 11 heteroatoms. The van der Waals surface area contributed by atoms with Gasteiger partial charge in [-0.3, -0.25) is 9.59 Å². The van der Waals surface area contributed by atoms with Crippen LogP contribution in [0, 0.1) is 11.3 Å². The SMILES string of the molecule is CC(O)COC(C)COC(C)CO.CCCC(C)C1(CC)C(=O)N=C([O-])NC1=O.CCOCC.[Na+]. The summed E-state index contributed by atoms with van der Waals surface area (Å²) in [6.07, 6.45) is 1.36. The van der Waals surface area contributed by atoms with Crippen molar-refractivity contribution in [2.24, 2.45) is 16.3 Å². The van der Waals surface area contributed by atoms with Gasteiger partial charge in [0.05, 0.1) is 44.2 Å². The van der Waals surface area contributed by atoms with Crippen molar-refractivity contribution < 1.29 is 68.7 Å². The predicted molar refractivity (Wildman–Crippen MR) is 129 cm³/mol. The molecule has 0 aromatic carbocycles. The smallest absolute Gasteiger partial charge is 0.846 e. The molecule has 0 saturated carbocycles. The number of nitrogens with one attached hydrogen (secondary N) is 1. The number of nitrogens with zero attached hydrogens (tertiary/aromatic N) is 1. The van der Waals surface area contributed by atoms with Crippen molar-refractivity contribution in [2.45, 2.75) is 93.0 Å². The summed E-state index contributed by atoms with van der Waals surface area (Å²) in [6, 6.07) is -0.845. The van der Waals surface area contributed by atoms with Crippen LogP contribution in [0.2, 0.25) is 0 Å². The minimum absolute atomic E-state index is 0. The number of amides is 2. The molecular formula is C24H47N2NaO8. The number of ether oxygens (including phenoxy) is 3. The molecule has 0 aliphatic carbocycles. The van der Waals surface area contributed by atoms with Crippen LogP contribution in [0.1, 0.15) is 74.7 Å². The van der Waals surface area contributed by atoms with Gasteiger partial charge in [-0.15, -0.1) is 0 Å². The molecule has 0 radical (unpaired) electrons. The standard InChI is InChI=1S/C11H18N2O3.C9H20O4.C4H10O.Na/c1-4-6-7(3)11(5-2)8(14)12-10(16)13-9(11)15;1-7(11)5-12-9(3)6-13-8(2)4-10;1-3-5-4-2;/h7H,4-6H2,1-3H3,(H2,12,13,14,15,16);7-11H,4-6H2,1-3H3;3-4H2,1-2H3;/q;;;+1/p-1. The second kappa shape index (κ2) is 22.6. The van der Waals surface area contributed by atoms with E-state index in [1.54, 1.807) is 20.8 Å². The molecule has 1 aliphatic heterocycles. The molecular weight excluding hydrogens is 467 g/mol. The topological polar surface area (TPSA) is 150 Å². The Bertz CT molecular complexity index is 590. The summed E-state index contributed by atoms with van der Waals surface area (Å²) in [5.41, 5.74) is -1.15. The van der Waals surface area contributed by atoms with Crippen molar-refractivity contribution in [3.8, 4) is 0 Å². The second-order valence-electron chi connectivity index (χ2n) is 8.29. The van der Waals surface area contributed by atoms with Crippen molar-refractivity contribution in [1.29, 1.82) is 0 Å². The molecule has 3 N–H and O–H groups in total. The van der Waals surface area contributed by atoms with E-state index in [1.807, 2.05) is 34.6 Å². The Morgan fingerprint density at radius 2 is 1.54 bits per heavy atom. The molecule has 5 atom stereocenters. The number of hydrogen-bond acceptors (Lipinski definition) is 8. The summed E-state index contributed by atoms with van der Waals surface area (Å²) in [4.78, 5) is 27.1. The van der Waals surface area contributed by atoms with Crippen LogP contribution in [0.15, 0.2) is 4.99 Å². The van der Waals surface area contributed by atoms with E-state index in [9.17, 15) is 14.7 Å². The molecule has 0 fully saturated rings. The van der Waals surface area contributed by atoms with Gasteiger partial charge in [0.1, 0.15) is 5.41 Å². The summed E-state index contributed by atoms with van der Waals surface area (Å²) in [5.74, 6) is -1.20. The zero-order valence-corrected chi connectivity index (χ0v) is 25.3. The maximum absolute atomic E-state index is 11.9. The van der Waals surface area contributed by atoms with Crippen LogP contribution in [0.3, 0.4) is 0 Å². The summed E-state index contributed by atoms with van der Waals surface area (Å²) >= 11 is 0. The first-order chi connectivity index (χ1) is 16.0. The van der Waals surface area contributed by atoms with Crippen molar-refractivity contribution in [3.63, 3.8) is 0 Å². The summed E-state index contributed by atoms with van der Waals surface area (Å²) in [6.45, 7) is 17.4. The first kappa shape index (κ1) is 38.9. The van der Waals surface area contributed by atoms with E-state index >= 15 is 0 Å². The number of aliphatic imine (C=N–C) groups is 1. The molecule has 0 saturated heterocycles. The van der Waals surface area contributed by atoms with E-state index in [2.05, 4.69) is 10.3 Å². The average Bonchev–Trinajstić information content (AvgIpc) is 2.77. The molecule has 1 heterocycles. The number of rotatable bonds is 13. The van der Waals surface area contributed by atoms with Crippen LogP contribution in [0.5, 0.6) is 0 Å². The van der Waals surface area contributed by atoms with Gasteiger partial charge in [-0.1, -0.05) is 27.2 Å². The van der Waals surface area contributed by atoms with E-state index in [-0.39, 0.29) is 54.3 Å². The van der Waals surface area contributed by atoms with Gasteiger partial charge in [0.25, 0.3) is 5.91 Å². The van der Waals surface area contributed by atoms with E-state index < -0.39 is 29.4 Å². The molecule has 35 heavy (non-hydrogen) atoms.